The van der Waals surface area contributed by atoms with Gasteiger partial charge in [-0.05, 0) is 25.5 Å². The van der Waals surface area contributed by atoms with Gasteiger partial charge in [0.25, 0.3) is 0 Å². The molecule has 0 aliphatic carbocycles. The van der Waals surface area contributed by atoms with Crippen LogP contribution in [-0.2, 0) is 9.59 Å². The van der Waals surface area contributed by atoms with Gasteiger partial charge in [-0.25, -0.2) is 0 Å². The molecule has 1 fully saturated rings. The molecule has 2 bridgehead atoms. The Morgan fingerprint density at radius 3 is 2.89 bits per heavy atom. The monoisotopic (exact) mass is 245 g/mol. The quantitative estimate of drug-likeness (QED) is 0.765. The highest BCUT2D eigenvalue weighted by molar-refractivity contribution is 6.02. The van der Waals surface area contributed by atoms with Crippen LogP contribution < -0.4 is 10.1 Å². The van der Waals surface area contributed by atoms with Crippen molar-refractivity contribution in [2.45, 2.75) is 31.9 Å². The molecule has 18 heavy (non-hydrogen) atoms. The summed E-state index contributed by atoms with van der Waals surface area (Å²) in [6.45, 7) is 3.33. The van der Waals surface area contributed by atoms with Crippen LogP contribution in [-0.4, -0.2) is 17.4 Å². The topological polar surface area (TPSA) is 55.4 Å². The molecule has 1 saturated heterocycles. The summed E-state index contributed by atoms with van der Waals surface area (Å²) in [5.74, 6) is -0.219. The number of carbonyl (C=O) groups excluding carboxylic acids is 2. The summed E-state index contributed by atoms with van der Waals surface area (Å²) < 4.78 is 5.85. The highest BCUT2D eigenvalue weighted by Gasteiger charge is 2.50. The number of benzene rings is 1. The van der Waals surface area contributed by atoms with Crippen molar-refractivity contribution in [1.29, 1.82) is 0 Å². The Balaban J connectivity index is 2.14. The minimum absolute atomic E-state index is 0.0776. The van der Waals surface area contributed by atoms with Crippen LogP contribution in [0.3, 0.4) is 0 Å². The molecule has 0 aromatic heterocycles. The summed E-state index contributed by atoms with van der Waals surface area (Å²) in [4.78, 5) is 23.8. The van der Waals surface area contributed by atoms with Crippen molar-refractivity contribution in [3.63, 3.8) is 0 Å². The fourth-order valence-electron chi connectivity index (χ4n) is 3.06. The maximum atomic E-state index is 12.1. The largest absolute Gasteiger partial charge is 0.468 e. The number of Topliss-reactive ketones (excluding diaryl/α,β-unsaturated/α-hetero) is 1. The summed E-state index contributed by atoms with van der Waals surface area (Å²) in [7, 11) is 0. The second-order valence-electron chi connectivity index (χ2n) is 5.26. The van der Waals surface area contributed by atoms with Gasteiger partial charge in [-0.15, -0.1) is 0 Å². The highest BCUT2D eigenvalue weighted by Crippen LogP contribution is 2.46. The molecule has 2 heterocycles. The van der Waals surface area contributed by atoms with Gasteiger partial charge in [0, 0.05) is 12.3 Å². The zero-order valence-corrected chi connectivity index (χ0v) is 10.4. The summed E-state index contributed by atoms with van der Waals surface area (Å²) in [5, 5.41) is 2.81. The normalized spacial score (nSPS) is 33.1. The molecule has 1 amide bonds. The summed E-state index contributed by atoms with van der Waals surface area (Å²) in [6.07, 6.45) is 0.639. The van der Waals surface area contributed by atoms with Gasteiger partial charge in [0.2, 0.25) is 5.91 Å². The van der Waals surface area contributed by atoms with Gasteiger partial charge in [0.15, 0.2) is 5.72 Å². The van der Waals surface area contributed by atoms with E-state index in [0.717, 1.165) is 11.3 Å². The molecule has 3 atom stereocenters. The zero-order valence-electron chi connectivity index (χ0n) is 10.4. The van der Waals surface area contributed by atoms with E-state index in [2.05, 4.69) is 5.32 Å². The molecule has 1 aromatic carbocycles. The molecular weight excluding hydrogens is 230 g/mol. The van der Waals surface area contributed by atoms with Crippen molar-refractivity contribution in [3.8, 4) is 5.75 Å². The number of carbonyl (C=O) groups is 2. The second-order valence-corrected chi connectivity index (χ2v) is 5.26. The summed E-state index contributed by atoms with van der Waals surface area (Å²) in [6, 6.07) is 7.63. The van der Waals surface area contributed by atoms with Gasteiger partial charge in [0.05, 0.1) is 0 Å². The predicted octanol–water partition coefficient (Wildman–Crippen LogP) is 1.60. The molecule has 94 valence electrons. The SMILES string of the molecule is CC(=O)[C@H]1C(=O)N[C@]2(C)C[C@H]1c1ccccc1O2. The molecule has 1 N–H and O–H groups in total. The number of piperidine rings is 1. The van der Waals surface area contributed by atoms with Crippen LogP contribution in [0.1, 0.15) is 31.7 Å². The maximum absolute atomic E-state index is 12.1. The molecule has 4 heteroatoms. The van der Waals surface area contributed by atoms with E-state index in [1.54, 1.807) is 0 Å². The van der Waals surface area contributed by atoms with Crippen LogP contribution in [0.25, 0.3) is 0 Å². The van der Waals surface area contributed by atoms with E-state index >= 15 is 0 Å². The van der Waals surface area contributed by atoms with Crippen molar-refractivity contribution < 1.29 is 14.3 Å². The van der Waals surface area contributed by atoms with E-state index in [0.29, 0.717) is 6.42 Å². The number of amides is 1. The van der Waals surface area contributed by atoms with Crippen molar-refractivity contribution >= 4 is 11.7 Å². The predicted molar refractivity (Wildman–Crippen MR) is 65.1 cm³/mol. The fourth-order valence-corrected chi connectivity index (χ4v) is 3.06. The first-order valence-electron chi connectivity index (χ1n) is 6.11. The molecule has 3 rings (SSSR count). The molecule has 0 radical (unpaired) electrons. The zero-order chi connectivity index (χ0) is 12.9. The van der Waals surface area contributed by atoms with Crippen molar-refractivity contribution in [2.24, 2.45) is 5.92 Å². The third-order valence-corrected chi connectivity index (χ3v) is 3.77. The van der Waals surface area contributed by atoms with E-state index in [-0.39, 0.29) is 17.6 Å². The van der Waals surface area contributed by atoms with Crippen molar-refractivity contribution in [3.05, 3.63) is 29.8 Å². The number of hydrogen-bond acceptors (Lipinski definition) is 3. The van der Waals surface area contributed by atoms with Gasteiger partial charge in [-0.1, -0.05) is 18.2 Å². The smallest absolute Gasteiger partial charge is 0.234 e. The Labute approximate surface area is 105 Å². The number of ether oxygens (including phenoxy) is 1. The lowest BCUT2D eigenvalue weighted by molar-refractivity contribution is -0.145. The standard InChI is InChI=1S/C14H15NO3/c1-8(16)12-10-7-14(2,15-13(12)17)18-11-6-4-3-5-9(10)11/h3-6,10,12H,7H2,1-2H3,(H,15,17)/t10-,12+,14-/m0/s1. The van der Waals surface area contributed by atoms with E-state index in [9.17, 15) is 9.59 Å². The van der Waals surface area contributed by atoms with Crippen LogP contribution in [0, 0.1) is 5.92 Å². The molecule has 2 aliphatic rings. The molecule has 1 aromatic rings. The Kier molecular flexibility index (Phi) is 2.24. The van der Waals surface area contributed by atoms with Crippen molar-refractivity contribution in [1.82, 2.24) is 5.32 Å². The first-order chi connectivity index (χ1) is 8.50. The maximum Gasteiger partial charge on any atom is 0.234 e. The van der Waals surface area contributed by atoms with Crippen molar-refractivity contribution in [2.75, 3.05) is 0 Å². The molecule has 2 aliphatic heterocycles. The third-order valence-electron chi connectivity index (χ3n) is 3.77. The highest BCUT2D eigenvalue weighted by atomic mass is 16.5. The van der Waals surface area contributed by atoms with E-state index in [1.165, 1.54) is 6.92 Å². The molecule has 0 spiro atoms. The molecular formula is C14H15NO3. The van der Waals surface area contributed by atoms with E-state index in [4.69, 9.17) is 4.74 Å². The van der Waals surface area contributed by atoms with Gasteiger partial charge < -0.3 is 10.1 Å². The second kappa shape index (κ2) is 3.57. The average molecular weight is 245 g/mol. The molecule has 0 saturated carbocycles. The summed E-state index contributed by atoms with van der Waals surface area (Å²) in [5.41, 5.74) is 0.271. The third kappa shape index (κ3) is 1.52. The number of rotatable bonds is 1. The number of hydrogen-bond donors (Lipinski definition) is 1. The van der Waals surface area contributed by atoms with Gasteiger partial charge in [0.1, 0.15) is 17.5 Å². The molecule has 0 unspecified atom stereocenters. The van der Waals surface area contributed by atoms with Crippen LogP contribution in [0.5, 0.6) is 5.75 Å². The number of fused-ring (bicyclic) bond motifs is 4. The number of ketones is 1. The Morgan fingerprint density at radius 1 is 1.44 bits per heavy atom. The minimum Gasteiger partial charge on any atom is -0.468 e. The number of para-hydroxylation sites is 1. The van der Waals surface area contributed by atoms with Gasteiger partial charge in [-0.2, -0.15) is 0 Å². The van der Waals surface area contributed by atoms with Gasteiger partial charge in [-0.3, -0.25) is 9.59 Å². The lowest BCUT2D eigenvalue weighted by Crippen LogP contribution is -2.61. The Hall–Kier alpha value is -1.84. The lowest BCUT2D eigenvalue weighted by atomic mass is 9.73. The summed E-state index contributed by atoms with van der Waals surface area (Å²) >= 11 is 0. The minimum atomic E-state index is -0.692. The lowest BCUT2D eigenvalue weighted by Gasteiger charge is -2.46. The van der Waals surface area contributed by atoms with E-state index < -0.39 is 11.6 Å². The number of nitrogens with one attached hydrogen (secondary N) is 1. The fraction of sp³-hybridized carbons (Fsp3) is 0.429. The average Bonchev–Trinajstić information content (AvgIpc) is 2.26. The Bertz CT molecular complexity index is 540. The van der Waals surface area contributed by atoms with Gasteiger partial charge >= 0.3 is 0 Å². The van der Waals surface area contributed by atoms with Crippen LogP contribution in [0.2, 0.25) is 0 Å². The van der Waals surface area contributed by atoms with Crippen LogP contribution in [0.15, 0.2) is 24.3 Å². The first kappa shape index (κ1) is 11.3. The van der Waals surface area contributed by atoms with Crippen LogP contribution >= 0.6 is 0 Å². The first-order valence-corrected chi connectivity index (χ1v) is 6.11. The molecule has 4 nitrogen and oxygen atoms in total. The van der Waals surface area contributed by atoms with E-state index in [1.807, 2.05) is 31.2 Å². The van der Waals surface area contributed by atoms with Crippen LogP contribution in [0.4, 0.5) is 0 Å². The Morgan fingerprint density at radius 2 is 2.17 bits per heavy atom.